The maximum absolute atomic E-state index is 12.5. The standard InChI is InChI=1S/C32H23Br2ClN8O11S3/c33-14-20(34)29(45)36-17-8-9-25(57(50,51)52)22(12-17)42-43-27-24(55-54-53-46)11-16-10-18(56(47,48)49)13-23(26(16)28(27)44)38-32-40-30(35)39-31(41-32)37-21-7-3-5-15-4-1-2-6-19(15)21/h1-13,20,44,46H,14H2,(H,36,45)(H,47,48,49)(H,50,51,52)(H2,37,38,39,40,41)/b43-42+. The second-order valence-electron chi connectivity index (χ2n) is 11.3. The van der Waals surface area contributed by atoms with Crippen LogP contribution < -0.4 is 16.0 Å². The molecule has 0 saturated heterocycles. The van der Waals surface area contributed by atoms with E-state index in [0.717, 1.165) is 35.0 Å². The molecular weight excluding hydrogens is 964 g/mol. The minimum atomic E-state index is -4.93. The number of aromatic hydroxyl groups is 1. The van der Waals surface area contributed by atoms with Crippen LogP contribution in [0.3, 0.4) is 0 Å². The average Bonchev–Trinajstić information content (AvgIpc) is 3.15. The molecule has 0 spiro atoms. The molecule has 1 amide bonds. The largest absolute Gasteiger partial charge is 0.505 e. The number of benzene rings is 5. The van der Waals surface area contributed by atoms with Crippen molar-refractivity contribution < 1.29 is 50.5 Å². The number of hydrogen-bond donors (Lipinski definition) is 7. The summed E-state index contributed by atoms with van der Waals surface area (Å²) < 4.78 is 73.8. The normalized spacial score (nSPS) is 12.6. The number of carbonyl (C=O) groups excluding carboxylic acids is 1. The third kappa shape index (κ3) is 9.93. The topological polar surface area (TPSA) is 284 Å². The summed E-state index contributed by atoms with van der Waals surface area (Å²) in [5.74, 6) is -1.56. The predicted octanol–water partition coefficient (Wildman–Crippen LogP) is 8.46. The van der Waals surface area contributed by atoms with Crippen molar-refractivity contribution in [3.63, 3.8) is 0 Å². The summed E-state index contributed by atoms with van der Waals surface area (Å²) in [6, 6.07) is 19.3. The van der Waals surface area contributed by atoms with Gasteiger partial charge in [0.25, 0.3) is 20.2 Å². The second kappa shape index (κ2) is 17.5. The van der Waals surface area contributed by atoms with Crippen LogP contribution in [0, 0.1) is 0 Å². The highest BCUT2D eigenvalue weighted by Crippen LogP contribution is 2.48. The number of hydrogen-bond acceptors (Lipinski definition) is 17. The highest BCUT2D eigenvalue weighted by molar-refractivity contribution is 9.12. The van der Waals surface area contributed by atoms with Crippen LogP contribution in [0.4, 0.5) is 40.3 Å². The van der Waals surface area contributed by atoms with Crippen molar-refractivity contribution in [3.05, 3.63) is 84.1 Å². The number of azo groups is 1. The van der Waals surface area contributed by atoms with Gasteiger partial charge in [0.1, 0.15) is 21.1 Å². The Morgan fingerprint density at radius 1 is 0.877 bits per heavy atom. The van der Waals surface area contributed by atoms with Gasteiger partial charge in [0.05, 0.1) is 27.5 Å². The van der Waals surface area contributed by atoms with Gasteiger partial charge in [-0.1, -0.05) is 73.3 Å². The maximum atomic E-state index is 12.5. The number of phenolic OH excluding ortho intramolecular Hbond substituents is 1. The van der Waals surface area contributed by atoms with Crippen molar-refractivity contribution in [1.29, 1.82) is 0 Å². The maximum Gasteiger partial charge on any atom is 0.296 e. The smallest absolute Gasteiger partial charge is 0.296 e. The van der Waals surface area contributed by atoms with Crippen LogP contribution in [-0.2, 0) is 34.4 Å². The highest BCUT2D eigenvalue weighted by atomic mass is 79.9. The number of rotatable bonds is 14. The lowest BCUT2D eigenvalue weighted by atomic mass is 10.1. The summed E-state index contributed by atoms with van der Waals surface area (Å²) in [5, 5.41) is 42.1. The zero-order chi connectivity index (χ0) is 41.1. The van der Waals surface area contributed by atoms with E-state index in [2.05, 4.69) is 82.4 Å². The lowest BCUT2D eigenvalue weighted by molar-refractivity contribution is -0.432. The Morgan fingerprint density at radius 3 is 2.26 bits per heavy atom. The number of fused-ring (bicyclic) bond motifs is 2. The number of aromatic nitrogens is 3. The summed E-state index contributed by atoms with van der Waals surface area (Å²) in [6.07, 6.45) is 0. The minimum Gasteiger partial charge on any atom is -0.505 e. The van der Waals surface area contributed by atoms with Crippen molar-refractivity contribution >= 4 is 144 Å². The third-order valence-electron chi connectivity index (χ3n) is 7.65. The van der Waals surface area contributed by atoms with Gasteiger partial charge in [-0.25, -0.2) is 5.26 Å². The summed E-state index contributed by atoms with van der Waals surface area (Å²) >= 11 is 12.9. The number of halogens is 3. The zero-order valence-electron chi connectivity index (χ0n) is 28.0. The molecule has 7 N–H and O–H groups in total. The first kappa shape index (κ1) is 42.0. The van der Waals surface area contributed by atoms with E-state index in [9.17, 15) is 35.8 Å². The Kier molecular flexibility index (Phi) is 12.9. The predicted molar refractivity (Wildman–Crippen MR) is 217 cm³/mol. The molecule has 6 aromatic rings. The Hall–Kier alpha value is -4.60. The lowest BCUT2D eigenvalue weighted by Gasteiger charge is -2.15. The molecule has 25 heteroatoms. The molecule has 0 aliphatic heterocycles. The molecule has 0 radical (unpaired) electrons. The van der Waals surface area contributed by atoms with Gasteiger partial charge in [-0.05, 0) is 64.8 Å². The van der Waals surface area contributed by atoms with Crippen molar-refractivity contribution in [2.75, 3.05) is 21.3 Å². The Balaban J connectivity index is 1.49. The van der Waals surface area contributed by atoms with E-state index >= 15 is 0 Å². The SMILES string of the molecule is O=C(Nc1ccc(S(=O)(=O)O)c(/N=N/c2c(SOOO)cc3cc(S(=O)(=O)O)cc(Nc4nc(Cl)nc(Nc5cccc6ccccc56)n4)c3c2O)c1)C(Br)CBr. The fourth-order valence-electron chi connectivity index (χ4n) is 5.24. The molecular formula is C32H23Br2ClN8O11S3. The molecule has 5 aromatic carbocycles. The molecule has 1 atom stereocenters. The Bertz CT molecular complexity index is 2800. The molecule has 6 rings (SSSR count). The quantitative estimate of drug-likeness (QED) is 0.0134. The van der Waals surface area contributed by atoms with Gasteiger partial charge in [-0.3, -0.25) is 13.9 Å². The first-order valence-corrected chi connectivity index (χ1v) is 21.5. The van der Waals surface area contributed by atoms with Crippen LogP contribution in [0.2, 0.25) is 5.28 Å². The van der Waals surface area contributed by atoms with Crippen molar-refractivity contribution in [2.45, 2.75) is 19.5 Å². The summed E-state index contributed by atoms with van der Waals surface area (Å²) in [4.78, 5) is 22.7. The van der Waals surface area contributed by atoms with Gasteiger partial charge in [0.15, 0.2) is 5.75 Å². The fourth-order valence-corrected chi connectivity index (χ4v) is 7.45. The van der Waals surface area contributed by atoms with Crippen LogP contribution in [0.1, 0.15) is 0 Å². The van der Waals surface area contributed by atoms with Gasteiger partial charge in [-0.15, -0.1) is 14.6 Å². The van der Waals surface area contributed by atoms with E-state index in [1.807, 2.05) is 36.4 Å². The lowest BCUT2D eigenvalue weighted by Crippen LogP contribution is -2.23. The van der Waals surface area contributed by atoms with E-state index in [1.165, 1.54) is 12.1 Å². The molecule has 0 saturated carbocycles. The molecule has 0 aliphatic rings. The van der Waals surface area contributed by atoms with E-state index < -0.39 is 57.9 Å². The van der Waals surface area contributed by atoms with Gasteiger partial charge in [0, 0.05) is 27.5 Å². The van der Waals surface area contributed by atoms with Gasteiger partial charge >= 0.3 is 0 Å². The van der Waals surface area contributed by atoms with E-state index in [-0.39, 0.29) is 61.6 Å². The number of nitrogens with zero attached hydrogens (tertiary/aromatic N) is 5. The van der Waals surface area contributed by atoms with Crippen LogP contribution >= 0.6 is 55.5 Å². The van der Waals surface area contributed by atoms with Gasteiger partial charge < -0.3 is 21.1 Å². The number of amides is 1. The van der Waals surface area contributed by atoms with Crippen molar-refractivity contribution in [2.24, 2.45) is 10.2 Å². The number of carbonyl (C=O) groups is 1. The van der Waals surface area contributed by atoms with Gasteiger partial charge in [-0.2, -0.15) is 31.8 Å². The van der Waals surface area contributed by atoms with Crippen LogP contribution in [0.5, 0.6) is 5.75 Å². The van der Waals surface area contributed by atoms with E-state index in [0.29, 0.717) is 5.69 Å². The summed E-state index contributed by atoms with van der Waals surface area (Å²) in [5.41, 5.74) is -0.544. The average molecular weight is 987 g/mol. The molecule has 1 aromatic heterocycles. The molecule has 1 unspecified atom stereocenters. The highest BCUT2D eigenvalue weighted by Gasteiger charge is 2.24. The first-order valence-electron chi connectivity index (χ1n) is 15.5. The fraction of sp³-hybridized carbons (Fsp3) is 0.0625. The summed E-state index contributed by atoms with van der Waals surface area (Å²) in [7, 11) is -9.82. The van der Waals surface area contributed by atoms with Crippen LogP contribution in [0.15, 0.2) is 104 Å². The first-order chi connectivity index (χ1) is 27.0. The zero-order valence-corrected chi connectivity index (χ0v) is 34.4. The molecule has 19 nitrogen and oxygen atoms in total. The van der Waals surface area contributed by atoms with Crippen molar-refractivity contribution in [3.8, 4) is 5.75 Å². The minimum absolute atomic E-state index is 0.0328. The Morgan fingerprint density at radius 2 is 1.58 bits per heavy atom. The van der Waals surface area contributed by atoms with E-state index in [4.69, 9.17) is 16.9 Å². The number of anilines is 5. The summed E-state index contributed by atoms with van der Waals surface area (Å²) in [6.45, 7) is 0. The molecule has 1 heterocycles. The van der Waals surface area contributed by atoms with Crippen molar-refractivity contribution in [1.82, 2.24) is 15.0 Å². The van der Waals surface area contributed by atoms with Gasteiger partial charge in [0.2, 0.25) is 23.1 Å². The van der Waals surface area contributed by atoms with Crippen LogP contribution in [-0.4, -0.2) is 67.3 Å². The molecule has 0 bridgehead atoms. The van der Waals surface area contributed by atoms with E-state index in [1.54, 1.807) is 6.07 Å². The number of nitrogens with one attached hydrogen (secondary N) is 3. The Labute approximate surface area is 347 Å². The monoisotopic (exact) mass is 984 g/mol. The third-order valence-corrected chi connectivity index (χ3v) is 12.4. The molecule has 0 aliphatic carbocycles. The molecule has 296 valence electrons. The second-order valence-corrected chi connectivity index (χ2v) is 17.0. The van der Waals surface area contributed by atoms with Crippen LogP contribution in [0.25, 0.3) is 21.5 Å². The molecule has 57 heavy (non-hydrogen) atoms. The molecule has 0 fully saturated rings. The number of alkyl halides is 2. The number of phenols is 1.